The number of hydrogen-bond acceptors (Lipinski definition) is 6. The highest BCUT2D eigenvalue weighted by molar-refractivity contribution is 5.92. The van der Waals surface area contributed by atoms with E-state index in [1.165, 1.54) is 13.8 Å². The summed E-state index contributed by atoms with van der Waals surface area (Å²) in [6, 6.07) is -3.77. The summed E-state index contributed by atoms with van der Waals surface area (Å²) in [6.07, 6.45) is -2.03. The lowest BCUT2D eigenvalue weighted by Gasteiger charge is -2.23. The maximum Gasteiger partial charge on any atom is 0.328 e. The van der Waals surface area contributed by atoms with Crippen molar-refractivity contribution in [3.8, 4) is 0 Å². The van der Waals surface area contributed by atoms with Crippen molar-refractivity contribution in [2.75, 3.05) is 0 Å². The predicted molar refractivity (Wildman–Crippen MR) is 73.7 cm³/mol. The quantitative estimate of drug-likeness (QED) is 0.273. The summed E-state index contributed by atoms with van der Waals surface area (Å²) in [7, 11) is 0. The smallest absolute Gasteiger partial charge is 0.328 e. The first-order valence-corrected chi connectivity index (χ1v) is 6.55. The molecule has 4 atom stereocenters. The van der Waals surface area contributed by atoms with Crippen LogP contribution >= 0.6 is 0 Å². The van der Waals surface area contributed by atoms with Crippen LogP contribution in [-0.2, 0) is 19.2 Å². The third kappa shape index (κ3) is 6.99. The van der Waals surface area contributed by atoms with Crippen LogP contribution in [0.1, 0.15) is 26.7 Å². The number of nitrogens with two attached hydrogens (primary N) is 1. The fourth-order valence-corrected chi connectivity index (χ4v) is 1.48. The van der Waals surface area contributed by atoms with E-state index in [1.54, 1.807) is 0 Å². The van der Waals surface area contributed by atoms with Gasteiger partial charge in [-0.15, -0.1) is 0 Å². The van der Waals surface area contributed by atoms with E-state index in [1.807, 2.05) is 5.32 Å². The van der Waals surface area contributed by atoms with Crippen LogP contribution in [-0.4, -0.2) is 63.3 Å². The van der Waals surface area contributed by atoms with Gasteiger partial charge in [0, 0.05) is 6.42 Å². The van der Waals surface area contributed by atoms with Crippen LogP contribution in [0.2, 0.25) is 0 Å². The van der Waals surface area contributed by atoms with Crippen molar-refractivity contribution in [1.29, 1.82) is 0 Å². The molecule has 7 N–H and O–H groups in total. The van der Waals surface area contributed by atoms with E-state index in [2.05, 4.69) is 5.32 Å². The second kappa shape index (κ2) is 8.95. The van der Waals surface area contributed by atoms with Gasteiger partial charge in [0.05, 0.1) is 12.1 Å². The molecule has 22 heavy (non-hydrogen) atoms. The Morgan fingerprint density at radius 2 is 1.59 bits per heavy atom. The zero-order valence-corrected chi connectivity index (χ0v) is 12.3. The molecule has 4 unspecified atom stereocenters. The first-order chi connectivity index (χ1) is 10.1. The van der Waals surface area contributed by atoms with Gasteiger partial charge in [-0.1, -0.05) is 0 Å². The Kier molecular flexibility index (Phi) is 8.05. The van der Waals surface area contributed by atoms with Gasteiger partial charge in [0.2, 0.25) is 11.8 Å². The monoisotopic (exact) mass is 319 g/mol. The Hall–Kier alpha value is -2.20. The van der Waals surface area contributed by atoms with Crippen molar-refractivity contribution in [2.24, 2.45) is 5.73 Å². The Morgan fingerprint density at radius 3 is 1.95 bits per heavy atom. The molecule has 10 heteroatoms. The minimum absolute atomic E-state index is 0.244. The second-order valence-corrected chi connectivity index (χ2v) is 4.85. The molecule has 2 amide bonds. The SMILES string of the molecule is CC(N)C(=O)NC(CCC(=O)O)C(=O)NC(C(=O)O)C(C)O. The van der Waals surface area contributed by atoms with E-state index in [4.69, 9.17) is 15.9 Å². The summed E-state index contributed by atoms with van der Waals surface area (Å²) in [6.45, 7) is 2.54. The summed E-state index contributed by atoms with van der Waals surface area (Å²) < 4.78 is 0. The van der Waals surface area contributed by atoms with Crippen molar-refractivity contribution >= 4 is 23.8 Å². The van der Waals surface area contributed by atoms with Gasteiger partial charge in [-0.3, -0.25) is 14.4 Å². The second-order valence-electron chi connectivity index (χ2n) is 4.85. The molecule has 0 fully saturated rings. The molecule has 0 aromatic rings. The summed E-state index contributed by atoms with van der Waals surface area (Å²) in [5.41, 5.74) is 5.34. The lowest BCUT2D eigenvalue weighted by molar-refractivity contribution is -0.145. The van der Waals surface area contributed by atoms with E-state index >= 15 is 0 Å². The molecule has 0 spiro atoms. The van der Waals surface area contributed by atoms with Gasteiger partial charge in [-0.05, 0) is 20.3 Å². The van der Waals surface area contributed by atoms with Gasteiger partial charge >= 0.3 is 11.9 Å². The molecule has 0 aromatic carbocycles. The van der Waals surface area contributed by atoms with Crippen molar-refractivity contribution in [1.82, 2.24) is 10.6 Å². The van der Waals surface area contributed by atoms with Crippen LogP contribution in [0.5, 0.6) is 0 Å². The Morgan fingerprint density at radius 1 is 1.05 bits per heavy atom. The summed E-state index contributed by atoms with van der Waals surface area (Å²) in [5.74, 6) is -4.24. The highest BCUT2D eigenvalue weighted by atomic mass is 16.4. The average Bonchev–Trinajstić information content (AvgIpc) is 2.38. The molecule has 0 aliphatic carbocycles. The fourth-order valence-electron chi connectivity index (χ4n) is 1.48. The molecule has 0 saturated heterocycles. The maximum absolute atomic E-state index is 12.0. The van der Waals surface area contributed by atoms with Crippen LogP contribution in [0.25, 0.3) is 0 Å². The maximum atomic E-state index is 12.0. The molecule has 126 valence electrons. The summed E-state index contributed by atoms with van der Waals surface area (Å²) >= 11 is 0. The van der Waals surface area contributed by atoms with E-state index in [-0.39, 0.29) is 6.42 Å². The van der Waals surface area contributed by atoms with Crippen LogP contribution < -0.4 is 16.4 Å². The summed E-state index contributed by atoms with van der Waals surface area (Å²) in [4.78, 5) is 45.0. The third-order valence-corrected chi connectivity index (χ3v) is 2.74. The normalized spacial score (nSPS) is 16.0. The van der Waals surface area contributed by atoms with Crippen LogP contribution in [0, 0.1) is 0 Å². The predicted octanol–water partition coefficient (Wildman–Crippen LogP) is -2.37. The van der Waals surface area contributed by atoms with E-state index in [0.717, 1.165) is 0 Å². The number of rotatable bonds is 9. The molecule has 0 bridgehead atoms. The number of carbonyl (C=O) groups is 4. The van der Waals surface area contributed by atoms with Crippen LogP contribution in [0.15, 0.2) is 0 Å². The van der Waals surface area contributed by atoms with Crippen molar-refractivity contribution < 1.29 is 34.5 Å². The standard InChI is InChI=1S/C12H21N3O7/c1-5(13)10(19)14-7(3-4-8(17)18)11(20)15-9(6(2)16)12(21)22/h5-7,9,16H,3-4,13H2,1-2H3,(H,14,19)(H,15,20)(H,17,18)(H,21,22). The molecule has 0 aromatic heterocycles. The first kappa shape index (κ1) is 19.8. The van der Waals surface area contributed by atoms with Crippen LogP contribution in [0.4, 0.5) is 0 Å². The number of carboxylic acids is 2. The van der Waals surface area contributed by atoms with E-state index < -0.39 is 54.4 Å². The van der Waals surface area contributed by atoms with E-state index in [0.29, 0.717) is 0 Å². The molecule has 0 radical (unpaired) electrons. The zero-order valence-electron chi connectivity index (χ0n) is 12.3. The number of carboxylic acid groups (broad SMARTS) is 2. The Labute approximate surface area is 126 Å². The molecule has 10 nitrogen and oxygen atoms in total. The average molecular weight is 319 g/mol. The number of aliphatic hydroxyl groups is 1. The highest BCUT2D eigenvalue weighted by Crippen LogP contribution is 2.02. The highest BCUT2D eigenvalue weighted by Gasteiger charge is 2.30. The fraction of sp³-hybridized carbons (Fsp3) is 0.667. The van der Waals surface area contributed by atoms with Gasteiger partial charge in [0.25, 0.3) is 0 Å². The molecule has 0 saturated carbocycles. The van der Waals surface area contributed by atoms with Gasteiger partial charge in [-0.25, -0.2) is 4.79 Å². The Bertz CT molecular complexity index is 436. The van der Waals surface area contributed by atoms with Gasteiger partial charge in [0.15, 0.2) is 6.04 Å². The number of aliphatic carboxylic acids is 2. The first-order valence-electron chi connectivity index (χ1n) is 6.55. The molecular weight excluding hydrogens is 298 g/mol. The van der Waals surface area contributed by atoms with Crippen molar-refractivity contribution in [2.45, 2.75) is 50.9 Å². The van der Waals surface area contributed by atoms with Gasteiger partial charge in [-0.2, -0.15) is 0 Å². The third-order valence-electron chi connectivity index (χ3n) is 2.74. The minimum Gasteiger partial charge on any atom is -0.481 e. The lowest BCUT2D eigenvalue weighted by atomic mass is 10.1. The lowest BCUT2D eigenvalue weighted by Crippen LogP contribution is -2.56. The number of hydrogen-bond donors (Lipinski definition) is 6. The number of carbonyl (C=O) groups excluding carboxylic acids is 2. The number of nitrogens with one attached hydrogen (secondary N) is 2. The largest absolute Gasteiger partial charge is 0.481 e. The van der Waals surface area contributed by atoms with E-state index in [9.17, 15) is 24.3 Å². The molecule has 0 aliphatic heterocycles. The zero-order chi connectivity index (χ0) is 17.4. The molecule has 0 aliphatic rings. The van der Waals surface area contributed by atoms with Crippen molar-refractivity contribution in [3.63, 3.8) is 0 Å². The molecule has 0 heterocycles. The van der Waals surface area contributed by atoms with Gasteiger partial charge < -0.3 is 31.7 Å². The Balaban J connectivity index is 4.97. The summed E-state index contributed by atoms with van der Waals surface area (Å²) in [5, 5.41) is 31.1. The molecular formula is C12H21N3O7. The topological polar surface area (TPSA) is 179 Å². The molecule has 0 rings (SSSR count). The number of aliphatic hydroxyl groups excluding tert-OH is 1. The minimum atomic E-state index is -1.58. The van der Waals surface area contributed by atoms with Gasteiger partial charge in [0.1, 0.15) is 6.04 Å². The van der Waals surface area contributed by atoms with Crippen molar-refractivity contribution in [3.05, 3.63) is 0 Å². The number of amides is 2. The van der Waals surface area contributed by atoms with Crippen LogP contribution in [0.3, 0.4) is 0 Å².